The first-order chi connectivity index (χ1) is 13.4. The molecule has 0 bridgehead atoms. The van der Waals surface area contributed by atoms with Gasteiger partial charge in [-0.3, -0.25) is 4.90 Å². The Labute approximate surface area is 162 Å². The number of hydrogen-bond acceptors (Lipinski definition) is 5. The molecule has 2 aliphatic heterocycles. The number of hydrogen-bond donors (Lipinski definition) is 0. The highest BCUT2D eigenvalue weighted by atomic mass is 19.4. The van der Waals surface area contributed by atoms with Crippen LogP contribution in [0.25, 0.3) is 0 Å². The lowest BCUT2D eigenvalue weighted by Gasteiger charge is -2.39. The van der Waals surface area contributed by atoms with Crippen LogP contribution in [0.3, 0.4) is 0 Å². The van der Waals surface area contributed by atoms with Crippen LogP contribution < -0.4 is 9.64 Å². The highest BCUT2D eigenvalue weighted by Gasteiger charge is 2.39. The van der Waals surface area contributed by atoms with E-state index in [2.05, 4.69) is 14.9 Å². The van der Waals surface area contributed by atoms with Crippen molar-refractivity contribution in [3.05, 3.63) is 47.8 Å². The van der Waals surface area contributed by atoms with Crippen molar-refractivity contribution in [1.82, 2.24) is 14.9 Å². The first kappa shape index (κ1) is 19.0. The third kappa shape index (κ3) is 3.92. The zero-order valence-corrected chi connectivity index (χ0v) is 15.7. The number of methoxy groups -OCH3 is 1. The maximum atomic E-state index is 13.0. The Kier molecular flexibility index (Phi) is 5.14. The summed E-state index contributed by atoms with van der Waals surface area (Å²) in [5.41, 5.74) is 0.274. The smallest absolute Gasteiger partial charge is 0.433 e. The van der Waals surface area contributed by atoms with Crippen LogP contribution in [0.5, 0.6) is 5.88 Å². The lowest BCUT2D eigenvalue weighted by Crippen LogP contribution is -2.48. The first-order valence-corrected chi connectivity index (χ1v) is 9.46. The standard InChI is InChI=1S/C20H23F3N4O/c1-28-19-6-5-14(11-24-19)12-26-9-7-15-8-10-27(13-16(15)26)18-4-2-3-17(25-18)20(21,22)23/h2-6,11,15-16H,7-10,12-13H2,1H3. The van der Waals surface area contributed by atoms with Gasteiger partial charge in [-0.15, -0.1) is 0 Å². The Bertz CT molecular complexity index is 812. The third-order valence-electron chi connectivity index (χ3n) is 5.72. The molecule has 0 N–H and O–H groups in total. The van der Waals surface area contributed by atoms with E-state index in [1.54, 1.807) is 13.2 Å². The number of ether oxygens (including phenoxy) is 1. The number of nitrogens with zero attached hydrogens (tertiary/aromatic N) is 4. The lowest BCUT2D eigenvalue weighted by molar-refractivity contribution is -0.141. The van der Waals surface area contributed by atoms with Crippen molar-refractivity contribution in [1.29, 1.82) is 0 Å². The zero-order chi connectivity index (χ0) is 19.7. The van der Waals surface area contributed by atoms with Gasteiger partial charge in [0.1, 0.15) is 11.5 Å². The minimum absolute atomic E-state index is 0.312. The van der Waals surface area contributed by atoms with E-state index in [4.69, 9.17) is 4.74 Å². The van der Waals surface area contributed by atoms with Gasteiger partial charge in [0.2, 0.25) is 5.88 Å². The van der Waals surface area contributed by atoms with E-state index >= 15 is 0 Å². The van der Waals surface area contributed by atoms with Crippen molar-refractivity contribution in [3.63, 3.8) is 0 Å². The van der Waals surface area contributed by atoms with Crippen molar-refractivity contribution in [2.45, 2.75) is 31.6 Å². The summed E-state index contributed by atoms with van der Waals surface area (Å²) >= 11 is 0. The minimum atomic E-state index is -4.42. The summed E-state index contributed by atoms with van der Waals surface area (Å²) in [7, 11) is 1.59. The van der Waals surface area contributed by atoms with Crippen LogP contribution >= 0.6 is 0 Å². The lowest BCUT2D eigenvalue weighted by atomic mass is 9.92. The van der Waals surface area contributed by atoms with Gasteiger partial charge in [-0.1, -0.05) is 12.1 Å². The molecule has 0 saturated carbocycles. The fourth-order valence-corrected chi connectivity index (χ4v) is 4.25. The normalized spacial score (nSPS) is 22.9. The average molecular weight is 392 g/mol. The van der Waals surface area contributed by atoms with Crippen molar-refractivity contribution < 1.29 is 17.9 Å². The van der Waals surface area contributed by atoms with Gasteiger partial charge in [-0.2, -0.15) is 13.2 Å². The molecule has 0 aliphatic carbocycles. The van der Waals surface area contributed by atoms with Crippen molar-refractivity contribution in [2.75, 3.05) is 31.6 Å². The quantitative estimate of drug-likeness (QED) is 0.795. The SMILES string of the molecule is COc1ccc(CN2CCC3CCN(c4cccc(C(F)(F)F)n4)CC32)cn1. The Balaban J connectivity index is 1.47. The third-order valence-corrected chi connectivity index (χ3v) is 5.72. The number of aromatic nitrogens is 2. The van der Waals surface area contributed by atoms with Gasteiger partial charge in [0, 0.05) is 37.9 Å². The predicted octanol–water partition coefficient (Wildman–Crippen LogP) is 3.60. The molecule has 2 unspecified atom stereocenters. The van der Waals surface area contributed by atoms with Crippen molar-refractivity contribution in [3.8, 4) is 5.88 Å². The Morgan fingerprint density at radius 3 is 2.68 bits per heavy atom. The second kappa shape index (κ2) is 7.58. The highest BCUT2D eigenvalue weighted by molar-refractivity contribution is 5.41. The molecule has 4 heterocycles. The number of alkyl halides is 3. The Morgan fingerprint density at radius 2 is 1.96 bits per heavy atom. The largest absolute Gasteiger partial charge is 0.481 e. The molecule has 5 nitrogen and oxygen atoms in total. The summed E-state index contributed by atoms with van der Waals surface area (Å²) in [6, 6.07) is 8.30. The molecular weight excluding hydrogens is 369 g/mol. The van der Waals surface area contributed by atoms with E-state index in [1.165, 1.54) is 6.07 Å². The molecule has 28 heavy (non-hydrogen) atoms. The van der Waals surface area contributed by atoms with Crippen LogP contribution in [0.1, 0.15) is 24.1 Å². The summed E-state index contributed by atoms with van der Waals surface area (Å²) in [6.07, 6.45) is -0.506. The Morgan fingerprint density at radius 1 is 1.14 bits per heavy atom. The van der Waals surface area contributed by atoms with Gasteiger partial charge in [0.15, 0.2) is 0 Å². The summed E-state index contributed by atoms with van der Waals surface area (Å²) in [6.45, 7) is 3.21. The topological polar surface area (TPSA) is 41.5 Å². The second-order valence-electron chi connectivity index (χ2n) is 7.41. The fraction of sp³-hybridized carbons (Fsp3) is 0.500. The number of anilines is 1. The Hall–Kier alpha value is -2.35. The van der Waals surface area contributed by atoms with Gasteiger partial charge in [-0.05, 0) is 43.0 Å². The molecule has 2 atom stereocenters. The summed E-state index contributed by atoms with van der Waals surface area (Å²) in [4.78, 5) is 12.5. The van der Waals surface area contributed by atoms with Crippen LogP contribution in [0, 0.1) is 5.92 Å². The summed E-state index contributed by atoms with van der Waals surface area (Å²) in [5.74, 6) is 1.57. The van der Waals surface area contributed by atoms with E-state index in [0.29, 0.717) is 30.2 Å². The molecule has 2 aliphatic rings. The van der Waals surface area contributed by atoms with Crippen LogP contribution in [0.2, 0.25) is 0 Å². The molecule has 150 valence electrons. The molecular formula is C20H23F3N4O. The molecule has 4 rings (SSSR count). The number of fused-ring (bicyclic) bond motifs is 1. The zero-order valence-electron chi connectivity index (χ0n) is 15.7. The van der Waals surface area contributed by atoms with Gasteiger partial charge in [0.25, 0.3) is 0 Å². The van der Waals surface area contributed by atoms with Crippen LogP contribution in [-0.4, -0.2) is 47.7 Å². The molecule has 0 amide bonds. The molecule has 2 fully saturated rings. The maximum absolute atomic E-state index is 13.0. The number of halogens is 3. The minimum Gasteiger partial charge on any atom is -0.481 e. The highest BCUT2D eigenvalue weighted by Crippen LogP contribution is 2.35. The van der Waals surface area contributed by atoms with E-state index in [9.17, 15) is 13.2 Å². The van der Waals surface area contributed by atoms with E-state index in [1.807, 2.05) is 23.2 Å². The van der Waals surface area contributed by atoms with Crippen LogP contribution in [-0.2, 0) is 12.7 Å². The van der Waals surface area contributed by atoms with E-state index in [-0.39, 0.29) is 0 Å². The van der Waals surface area contributed by atoms with Crippen molar-refractivity contribution in [2.24, 2.45) is 5.92 Å². The molecule has 2 aromatic heterocycles. The molecule has 0 aromatic carbocycles. The van der Waals surface area contributed by atoms with E-state index < -0.39 is 11.9 Å². The molecule has 2 aromatic rings. The molecule has 0 spiro atoms. The number of piperidine rings is 1. The van der Waals surface area contributed by atoms with Gasteiger partial charge in [0.05, 0.1) is 7.11 Å². The first-order valence-electron chi connectivity index (χ1n) is 9.46. The van der Waals surface area contributed by atoms with Gasteiger partial charge >= 0.3 is 6.18 Å². The number of likely N-dealkylation sites (tertiary alicyclic amines) is 1. The molecule has 2 saturated heterocycles. The number of pyridine rings is 2. The fourth-order valence-electron chi connectivity index (χ4n) is 4.25. The van der Waals surface area contributed by atoms with Crippen LogP contribution in [0.4, 0.5) is 19.0 Å². The van der Waals surface area contributed by atoms with Crippen LogP contribution in [0.15, 0.2) is 36.5 Å². The van der Waals surface area contributed by atoms with Gasteiger partial charge in [-0.25, -0.2) is 9.97 Å². The summed E-state index contributed by atoms with van der Waals surface area (Å²) in [5, 5.41) is 0. The van der Waals surface area contributed by atoms with Gasteiger partial charge < -0.3 is 9.64 Å². The second-order valence-corrected chi connectivity index (χ2v) is 7.41. The van der Waals surface area contributed by atoms with E-state index in [0.717, 1.165) is 44.1 Å². The monoisotopic (exact) mass is 392 g/mol. The van der Waals surface area contributed by atoms with Crippen molar-refractivity contribution >= 4 is 5.82 Å². The molecule has 0 radical (unpaired) electrons. The molecule has 8 heteroatoms. The summed E-state index contributed by atoms with van der Waals surface area (Å²) < 4.78 is 44.1. The average Bonchev–Trinajstić information content (AvgIpc) is 3.10. The number of rotatable bonds is 4. The maximum Gasteiger partial charge on any atom is 0.433 e. The predicted molar refractivity (Wildman–Crippen MR) is 99.2 cm³/mol.